The third-order valence-corrected chi connectivity index (χ3v) is 7.86. The van der Waals surface area contributed by atoms with Gasteiger partial charge in [0, 0.05) is 24.1 Å². The van der Waals surface area contributed by atoms with Crippen molar-refractivity contribution in [3.8, 4) is 5.75 Å². The molecule has 0 unspecified atom stereocenters. The predicted molar refractivity (Wildman–Crippen MR) is 164 cm³/mol. The molecule has 1 aliphatic heterocycles. The smallest absolute Gasteiger partial charge is 0.323 e. The van der Waals surface area contributed by atoms with Crippen molar-refractivity contribution in [2.45, 2.75) is 97.4 Å². The number of rotatable bonds is 18. The van der Waals surface area contributed by atoms with Crippen LogP contribution in [-0.2, 0) is 6.54 Å². The maximum atomic E-state index is 12.6. The predicted octanol–water partition coefficient (Wildman–Crippen LogP) is 9.78. The van der Waals surface area contributed by atoms with Crippen LogP contribution in [0.4, 0.5) is 16.2 Å². The molecule has 208 valence electrons. The molecule has 1 aliphatic rings. The van der Waals surface area contributed by atoms with Crippen LogP contribution in [0.1, 0.15) is 96.5 Å². The molecule has 2 aromatic carbocycles. The molecule has 0 aromatic heterocycles. The fourth-order valence-corrected chi connectivity index (χ4v) is 5.42. The molecule has 0 aliphatic carbocycles. The molecular weight excluding hydrogens is 490 g/mol. The van der Waals surface area contributed by atoms with Crippen molar-refractivity contribution < 1.29 is 9.53 Å². The number of urea groups is 1. The first-order valence-corrected chi connectivity index (χ1v) is 15.6. The number of amides is 2. The van der Waals surface area contributed by atoms with Crippen molar-refractivity contribution in [3.05, 3.63) is 65.2 Å². The fraction of sp³-hybridized carbons (Fsp3) is 0.531. The first kappa shape index (κ1) is 29.9. The standard InChI is InChI=1S/C32H47N3O2S/c1-3-4-5-6-7-8-9-10-11-12-13-16-23-37-30-21-19-29(20-22-30)33-32(36)34-31-18-15-14-17-28(31)25-35-24-27(2)38-26-35/h14-15,17-22,24H,3-13,16,23,25-26H2,1-2H3,(H2,33,34,36). The third kappa shape index (κ3) is 11.8. The summed E-state index contributed by atoms with van der Waals surface area (Å²) >= 11 is 1.84. The molecule has 0 bridgehead atoms. The fourth-order valence-electron chi connectivity index (χ4n) is 4.66. The lowest BCUT2D eigenvalue weighted by Crippen LogP contribution is -2.21. The van der Waals surface area contributed by atoms with Gasteiger partial charge < -0.3 is 20.3 Å². The minimum atomic E-state index is -0.245. The number of nitrogens with zero attached hydrogens (tertiary/aromatic N) is 1. The van der Waals surface area contributed by atoms with Gasteiger partial charge in [-0.15, -0.1) is 11.8 Å². The summed E-state index contributed by atoms with van der Waals surface area (Å²) in [4.78, 5) is 16.2. The van der Waals surface area contributed by atoms with Crippen LogP contribution in [-0.4, -0.2) is 23.4 Å². The van der Waals surface area contributed by atoms with E-state index >= 15 is 0 Å². The summed E-state index contributed by atoms with van der Waals surface area (Å²) in [7, 11) is 0. The van der Waals surface area contributed by atoms with Gasteiger partial charge in [0.1, 0.15) is 5.75 Å². The van der Waals surface area contributed by atoms with Crippen LogP contribution >= 0.6 is 11.8 Å². The summed E-state index contributed by atoms with van der Waals surface area (Å²) in [6.07, 6.45) is 18.3. The number of thioether (sulfide) groups is 1. The number of unbranched alkanes of at least 4 members (excludes halogenated alkanes) is 11. The van der Waals surface area contributed by atoms with Crippen molar-refractivity contribution in [3.63, 3.8) is 0 Å². The lowest BCUT2D eigenvalue weighted by Gasteiger charge is -2.18. The van der Waals surface area contributed by atoms with E-state index < -0.39 is 0 Å². The molecule has 0 spiro atoms. The number of carbonyl (C=O) groups is 1. The highest BCUT2D eigenvalue weighted by atomic mass is 32.2. The minimum Gasteiger partial charge on any atom is -0.494 e. The molecule has 1 heterocycles. The molecule has 0 fully saturated rings. The summed E-state index contributed by atoms with van der Waals surface area (Å²) in [6, 6.07) is 15.3. The van der Waals surface area contributed by atoms with E-state index in [2.05, 4.69) is 41.6 Å². The molecule has 2 N–H and O–H groups in total. The van der Waals surface area contributed by atoms with Crippen LogP contribution in [0.5, 0.6) is 5.75 Å². The molecular formula is C32H47N3O2S. The van der Waals surface area contributed by atoms with Gasteiger partial charge in [0.05, 0.1) is 12.5 Å². The van der Waals surface area contributed by atoms with Gasteiger partial charge in [-0.3, -0.25) is 0 Å². The Morgan fingerprint density at radius 2 is 1.47 bits per heavy atom. The lowest BCUT2D eigenvalue weighted by molar-refractivity contribution is 0.262. The summed E-state index contributed by atoms with van der Waals surface area (Å²) < 4.78 is 5.90. The molecule has 2 aromatic rings. The Morgan fingerprint density at radius 1 is 0.842 bits per heavy atom. The first-order valence-electron chi connectivity index (χ1n) is 14.6. The Bertz CT molecular complexity index is 977. The SMILES string of the molecule is CCCCCCCCCCCCCCOc1ccc(NC(=O)Nc2ccccc2CN2C=C(C)SC2)cc1. The lowest BCUT2D eigenvalue weighted by atomic mass is 10.1. The molecule has 38 heavy (non-hydrogen) atoms. The van der Waals surface area contributed by atoms with E-state index in [1.165, 1.54) is 75.5 Å². The summed E-state index contributed by atoms with van der Waals surface area (Å²) in [5.74, 6) is 1.79. The Hall–Kier alpha value is -2.60. The van der Waals surface area contributed by atoms with Crippen LogP contribution in [0, 0.1) is 0 Å². The Balaban J connectivity index is 1.27. The van der Waals surface area contributed by atoms with Crippen molar-refractivity contribution in [2.75, 3.05) is 23.1 Å². The second-order valence-electron chi connectivity index (χ2n) is 10.3. The number of ether oxygens (including phenoxy) is 1. The zero-order valence-corrected chi connectivity index (χ0v) is 24.3. The molecule has 5 nitrogen and oxygen atoms in total. The largest absolute Gasteiger partial charge is 0.494 e. The minimum absolute atomic E-state index is 0.245. The molecule has 0 saturated heterocycles. The van der Waals surface area contributed by atoms with Gasteiger partial charge in [0.25, 0.3) is 0 Å². The Morgan fingerprint density at radius 3 is 2.11 bits per heavy atom. The number of hydrogen-bond acceptors (Lipinski definition) is 4. The van der Waals surface area contributed by atoms with Gasteiger partial charge in [0.15, 0.2) is 0 Å². The van der Waals surface area contributed by atoms with Gasteiger partial charge in [-0.25, -0.2) is 4.79 Å². The third-order valence-electron chi connectivity index (χ3n) is 6.84. The number of anilines is 2. The highest BCUT2D eigenvalue weighted by Crippen LogP contribution is 2.27. The second kappa shape index (κ2) is 17.8. The van der Waals surface area contributed by atoms with Gasteiger partial charge >= 0.3 is 6.03 Å². The van der Waals surface area contributed by atoms with Crippen LogP contribution < -0.4 is 15.4 Å². The normalized spacial score (nSPS) is 12.9. The maximum Gasteiger partial charge on any atom is 0.323 e. The molecule has 0 radical (unpaired) electrons. The molecule has 2 amide bonds. The summed E-state index contributed by atoms with van der Waals surface area (Å²) in [5, 5.41) is 5.93. The van der Waals surface area contributed by atoms with Crippen molar-refractivity contribution in [1.29, 1.82) is 0 Å². The Kier molecular flexibility index (Phi) is 14.0. The zero-order valence-electron chi connectivity index (χ0n) is 23.5. The molecule has 6 heteroatoms. The Labute approximate surface area is 234 Å². The first-order chi connectivity index (χ1) is 18.6. The van der Waals surface area contributed by atoms with E-state index in [0.29, 0.717) is 0 Å². The zero-order chi connectivity index (χ0) is 26.8. The van der Waals surface area contributed by atoms with Crippen molar-refractivity contribution >= 4 is 29.2 Å². The van der Waals surface area contributed by atoms with E-state index in [0.717, 1.165) is 48.1 Å². The van der Waals surface area contributed by atoms with E-state index in [-0.39, 0.29) is 6.03 Å². The van der Waals surface area contributed by atoms with Gasteiger partial charge in [0.2, 0.25) is 0 Å². The number of allylic oxidation sites excluding steroid dienone is 1. The van der Waals surface area contributed by atoms with Gasteiger partial charge in [-0.1, -0.05) is 95.8 Å². The monoisotopic (exact) mass is 537 g/mol. The maximum absolute atomic E-state index is 12.6. The van der Waals surface area contributed by atoms with E-state index in [1.54, 1.807) is 0 Å². The van der Waals surface area contributed by atoms with Gasteiger partial charge in [-0.05, 0) is 54.1 Å². The van der Waals surface area contributed by atoms with E-state index in [9.17, 15) is 4.79 Å². The molecule has 0 saturated carbocycles. The highest BCUT2D eigenvalue weighted by molar-refractivity contribution is 8.03. The average molecular weight is 538 g/mol. The van der Waals surface area contributed by atoms with Crippen molar-refractivity contribution in [2.24, 2.45) is 0 Å². The van der Waals surface area contributed by atoms with Gasteiger partial charge in [-0.2, -0.15) is 0 Å². The average Bonchev–Trinajstić information content (AvgIpc) is 3.33. The number of nitrogens with one attached hydrogen (secondary N) is 2. The quantitative estimate of drug-likeness (QED) is 0.186. The molecule has 3 rings (SSSR count). The van der Waals surface area contributed by atoms with Crippen LogP contribution in [0.15, 0.2) is 59.6 Å². The van der Waals surface area contributed by atoms with E-state index in [1.807, 2.05) is 54.2 Å². The van der Waals surface area contributed by atoms with Crippen LogP contribution in [0.3, 0.4) is 0 Å². The highest BCUT2D eigenvalue weighted by Gasteiger charge is 2.13. The second-order valence-corrected chi connectivity index (χ2v) is 11.4. The summed E-state index contributed by atoms with van der Waals surface area (Å²) in [6.45, 7) is 5.91. The van der Waals surface area contributed by atoms with Crippen LogP contribution in [0.2, 0.25) is 0 Å². The number of para-hydroxylation sites is 1. The van der Waals surface area contributed by atoms with Crippen LogP contribution in [0.25, 0.3) is 0 Å². The summed E-state index contributed by atoms with van der Waals surface area (Å²) in [5.41, 5.74) is 2.67. The number of benzene rings is 2. The topological polar surface area (TPSA) is 53.6 Å². The molecule has 0 atom stereocenters. The van der Waals surface area contributed by atoms with E-state index in [4.69, 9.17) is 4.74 Å². The number of carbonyl (C=O) groups excluding carboxylic acids is 1. The number of hydrogen-bond donors (Lipinski definition) is 2. The van der Waals surface area contributed by atoms with Crippen molar-refractivity contribution in [1.82, 2.24) is 4.90 Å².